The Morgan fingerprint density at radius 1 is 1.03 bits per heavy atom. The van der Waals surface area contributed by atoms with E-state index in [-0.39, 0.29) is 15.6 Å². The Kier molecular flexibility index (Phi) is 8.14. The number of hydrogen-bond acceptors (Lipinski definition) is 5. The van der Waals surface area contributed by atoms with Crippen LogP contribution in [0.5, 0.6) is 11.5 Å². The van der Waals surface area contributed by atoms with Gasteiger partial charge in [0, 0.05) is 6.08 Å². The van der Waals surface area contributed by atoms with Crippen LogP contribution in [0.3, 0.4) is 0 Å². The summed E-state index contributed by atoms with van der Waals surface area (Å²) in [7, 11) is -2.75. The Balaban J connectivity index is 1.96. The quantitative estimate of drug-likeness (QED) is 0.370. The van der Waals surface area contributed by atoms with Crippen molar-refractivity contribution in [3.63, 3.8) is 0 Å². The highest BCUT2D eigenvalue weighted by molar-refractivity contribution is 7.93. The minimum Gasteiger partial charge on any atom is -0.495 e. The van der Waals surface area contributed by atoms with E-state index in [2.05, 4.69) is 0 Å². The van der Waals surface area contributed by atoms with Crippen molar-refractivity contribution in [2.45, 2.75) is 18.2 Å². The lowest BCUT2D eigenvalue weighted by atomic mass is 10.2. The van der Waals surface area contributed by atoms with E-state index in [9.17, 15) is 13.2 Å². The number of hydrogen-bond donors (Lipinski definition) is 0. The molecule has 3 aromatic carbocycles. The van der Waals surface area contributed by atoms with E-state index in [4.69, 9.17) is 21.1 Å². The number of anilines is 1. The van der Waals surface area contributed by atoms with Gasteiger partial charge in [-0.1, -0.05) is 48.9 Å². The molecule has 0 unspecified atom stereocenters. The molecule has 8 heteroatoms. The lowest BCUT2D eigenvalue weighted by Gasteiger charge is -2.22. The van der Waals surface area contributed by atoms with Gasteiger partial charge in [-0.05, 0) is 60.5 Å². The van der Waals surface area contributed by atoms with Crippen LogP contribution in [0.25, 0.3) is 6.08 Å². The Morgan fingerprint density at radius 2 is 1.73 bits per heavy atom. The van der Waals surface area contributed by atoms with Gasteiger partial charge in [-0.25, -0.2) is 8.42 Å². The van der Waals surface area contributed by atoms with Crippen molar-refractivity contribution in [3.8, 4) is 11.5 Å². The molecule has 0 aliphatic carbocycles. The van der Waals surface area contributed by atoms with Crippen LogP contribution in [0.1, 0.15) is 18.9 Å². The number of ether oxygens (including phenoxy) is 2. The third kappa shape index (κ3) is 5.94. The second-order valence-corrected chi connectivity index (χ2v) is 9.18. The van der Waals surface area contributed by atoms with E-state index < -0.39 is 15.9 Å². The van der Waals surface area contributed by atoms with Gasteiger partial charge in [0.25, 0.3) is 15.9 Å². The largest absolute Gasteiger partial charge is 0.495 e. The fourth-order valence-electron chi connectivity index (χ4n) is 2.99. The van der Waals surface area contributed by atoms with Crippen molar-refractivity contribution >= 4 is 39.3 Å². The van der Waals surface area contributed by atoms with Crippen LogP contribution >= 0.6 is 11.6 Å². The number of rotatable bonds is 9. The topological polar surface area (TPSA) is 72.9 Å². The van der Waals surface area contributed by atoms with E-state index in [1.165, 1.54) is 43.5 Å². The number of carbonyl (C=O) groups excluding carboxylic acids is 1. The van der Waals surface area contributed by atoms with Gasteiger partial charge in [-0.2, -0.15) is 4.31 Å². The van der Waals surface area contributed by atoms with Crippen LogP contribution in [0.15, 0.2) is 83.8 Å². The highest BCUT2D eigenvalue weighted by atomic mass is 35.5. The first-order chi connectivity index (χ1) is 15.9. The minimum absolute atomic E-state index is 0.0175. The van der Waals surface area contributed by atoms with Crippen LogP contribution in [0.4, 0.5) is 5.69 Å². The number of halogens is 1. The first-order valence-corrected chi connectivity index (χ1v) is 12.1. The zero-order chi connectivity index (χ0) is 23.8. The summed E-state index contributed by atoms with van der Waals surface area (Å²) < 4.78 is 38.2. The van der Waals surface area contributed by atoms with Crippen LogP contribution in [-0.2, 0) is 14.8 Å². The summed E-state index contributed by atoms with van der Waals surface area (Å²) in [5.41, 5.74) is 0.819. The molecule has 1 amide bonds. The molecular formula is C25H24ClNO5S. The number of nitrogens with zero attached hydrogens (tertiary/aromatic N) is 1. The summed E-state index contributed by atoms with van der Waals surface area (Å²) in [5, 5.41) is 0.183. The average molecular weight is 486 g/mol. The average Bonchev–Trinajstić information content (AvgIpc) is 2.83. The molecule has 3 rings (SSSR count). The molecule has 0 heterocycles. The number of benzene rings is 3. The molecule has 33 heavy (non-hydrogen) atoms. The standard InChI is InChI=1S/C25H24ClNO5S/c1-3-17-32-21-13-9-19(10-14-21)11-16-25(28)27(20-12-15-24(31-2)23(26)18-20)33(29,30)22-7-5-4-6-8-22/h4-16,18H,3,17H2,1-2H3/b16-11+. The van der Waals surface area contributed by atoms with Gasteiger partial charge in [0.05, 0.1) is 29.3 Å². The summed E-state index contributed by atoms with van der Waals surface area (Å²) >= 11 is 6.21. The van der Waals surface area contributed by atoms with E-state index in [1.54, 1.807) is 48.5 Å². The third-order valence-corrected chi connectivity index (χ3v) is 6.66. The predicted molar refractivity (Wildman–Crippen MR) is 130 cm³/mol. The normalized spacial score (nSPS) is 11.4. The molecule has 0 spiro atoms. The van der Waals surface area contributed by atoms with Gasteiger partial charge >= 0.3 is 0 Å². The van der Waals surface area contributed by atoms with Crippen LogP contribution in [-0.4, -0.2) is 28.0 Å². The van der Waals surface area contributed by atoms with Crippen LogP contribution in [0.2, 0.25) is 5.02 Å². The summed E-state index contributed by atoms with van der Waals surface area (Å²) in [6.45, 7) is 2.64. The fraction of sp³-hybridized carbons (Fsp3) is 0.160. The Morgan fingerprint density at radius 3 is 2.33 bits per heavy atom. The monoisotopic (exact) mass is 485 g/mol. The van der Waals surface area contributed by atoms with Crippen molar-refractivity contribution in [1.29, 1.82) is 0 Å². The maximum absolute atomic E-state index is 13.4. The highest BCUT2D eigenvalue weighted by Crippen LogP contribution is 2.32. The van der Waals surface area contributed by atoms with E-state index >= 15 is 0 Å². The molecule has 0 bridgehead atoms. The molecule has 0 saturated carbocycles. The number of sulfonamides is 1. The number of carbonyl (C=O) groups is 1. The molecule has 0 aliphatic heterocycles. The van der Waals surface area contributed by atoms with Crippen LogP contribution in [0, 0.1) is 0 Å². The third-order valence-electron chi connectivity index (χ3n) is 4.62. The number of amides is 1. The molecule has 6 nitrogen and oxygen atoms in total. The van der Waals surface area contributed by atoms with Crippen molar-refractivity contribution < 1.29 is 22.7 Å². The highest BCUT2D eigenvalue weighted by Gasteiger charge is 2.30. The van der Waals surface area contributed by atoms with E-state index in [0.717, 1.165) is 22.0 Å². The maximum Gasteiger partial charge on any atom is 0.271 e. The molecule has 3 aromatic rings. The van der Waals surface area contributed by atoms with Gasteiger partial charge < -0.3 is 9.47 Å². The predicted octanol–water partition coefficient (Wildman–Crippen LogP) is 5.57. The van der Waals surface area contributed by atoms with Gasteiger partial charge in [-0.15, -0.1) is 0 Å². The molecular weight excluding hydrogens is 462 g/mol. The molecule has 0 N–H and O–H groups in total. The molecule has 0 radical (unpaired) electrons. The van der Waals surface area contributed by atoms with Gasteiger partial charge in [0.2, 0.25) is 0 Å². The summed E-state index contributed by atoms with van der Waals surface area (Å²) in [6, 6.07) is 19.3. The molecule has 0 fully saturated rings. The summed E-state index contributed by atoms with van der Waals surface area (Å²) in [6.07, 6.45) is 3.66. The molecule has 0 saturated heterocycles. The van der Waals surface area contributed by atoms with Crippen LogP contribution < -0.4 is 13.8 Å². The minimum atomic E-state index is -4.20. The Labute approximate surface area is 199 Å². The van der Waals surface area contributed by atoms with Crippen molar-refractivity contribution in [2.24, 2.45) is 0 Å². The second-order valence-electron chi connectivity index (χ2n) is 6.99. The van der Waals surface area contributed by atoms with Gasteiger partial charge in [0.1, 0.15) is 11.5 Å². The first-order valence-electron chi connectivity index (χ1n) is 10.3. The number of methoxy groups -OCH3 is 1. The molecule has 0 aromatic heterocycles. The first kappa shape index (κ1) is 24.4. The molecule has 0 atom stereocenters. The smallest absolute Gasteiger partial charge is 0.271 e. The van der Waals surface area contributed by atoms with Crippen molar-refractivity contribution in [1.82, 2.24) is 0 Å². The lowest BCUT2D eigenvalue weighted by Crippen LogP contribution is -2.35. The van der Waals surface area contributed by atoms with E-state index in [0.29, 0.717) is 12.4 Å². The van der Waals surface area contributed by atoms with Gasteiger partial charge in [0.15, 0.2) is 0 Å². The maximum atomic E-state index is 13.4. The zero-order valence-corrected chi connectivity index (χ0v) is 19.8. The summed E-state index contributed by atoms with van der Waals surface area (Å²) in [5.74, 6) is 0.346. The molecule has 0 aliphatic rings. The fourth-order valence-corrected chi connectivity index (χ4v) is 4.65. The Hall–Kier alpha value is -3.29. The van der Waals surface area contributed by atoms with Crippen molar-refractivity contribution in [2.75, 3.05) is 18.0 Å². The molecule has 172 valence electrons. The van der Waals surface area contributed by atoms with Gasteiger partial charge in [-0.3, -0.25) is 4.79 Å². The van der Waals surface area contributed by atoms with Crippen molar-refractivity contribution in [3.05, 3.63) is 89.5 Å². The SMILES string of the molecule is CCCOc1ccc(/C=C/C(=O)N(c2ccc(OC)c(Cl)c2)S(=O)(=O)c2ccccc2)cc1. The lowest BCUT2D eigenvalue weighted by molar-refractivity contribution is -0.113. The second kappa shape index (κ2) is 11.0. The van der Waals surface area contributed by atoms with E-state index in [1.807, 2.05) is 6.92 Å². The Bertz CT molecular complexity index is 1230. The summed E-state index contributed by atoms with van der Waals surface area (Å²) in [4.78, 5) is 13.2. The zero-order valence-electron chi connectivity index (χ0n) is 18.3.